The van der Waals surface area contributed by atoms with Crippen LogP contribution < -0.4 is 10.6 Å². The molecule has 0 radical (unpaired) electrons. The molecule has 1 aromatic rings. The molecule has 0 aromatic heterocycles. The fourth-order valence-corrected chi connectivity index (χ4v) is 1.67. The summed E-state index contributed by atoms with van der Waals surface area (Å²) in [5.41, 5.74) is 0.492. The molecule has 1 aromatic carbocycles. The van der Waals surface area contributed by atoms with Crippen LogP contribution in [0.3, 0.4) is 0 Å². The molecule has 0 aliphatic heterocycles. The summed E-state index contributed by atoms with van der Waals surface area (Å²) >= 11 is 11.6. The zero-order valence-corrected chi connectivity index (χ0v) is 12.6. The number of carbonyl (C=O) groups excluding carboxylic acids is 1. The van der Waals surface area contributed by atoms with Gasteiger partial charge in [0.1, 0.15) is 11.6 Å². The predicted molar refractivity (Wildman–Crippen MR) is 81.7 cm³/mol. The number of amides is 1. The highest BCUT2D eigenvalue weighted by Crippen LogP contribution is 2.25. The molecule has 0 saturated heterocycles. The lowest BCUT2D eigenvalue weighted by Crippen LogP contribution is -2.17. The topological polar surface area (TPSA) is 64.9 Å². The van der Waals surface area contributed by atoms with Gasteiger partial charge >= 0.3 is 0 Å². The lowest BCUT2D eigenvalue weighted by molar-refractivity contribution is -0.112. The Morgan fingerprint density at radius 2 is 2.15 bits per heavy atom. The van der Waals surface area contributed by atoms with Crippen molar-refractivity contribution in [2.24, 2.45) is 0 Å². The van der Waals surface area contributed by atoms with E-state index in [1.54, 1.807) is 12.1 Å². The van der Waals surface area contributed by atoms with E-state index in [1.165, 1.54) is 12.3 Å². The number of nitrogens with zero attached hydrogens (tertiary/aromatic N) is 1. The molecular weight excluding hydrogens is 297 g/mol. The van der Waals surface area contributed by atoms with Gasteiger partial charge in [-0.1, -0.05) is 36.5 Å². The van der Waals surface area contributed by atoms with E-state index in [4.69, 9.17) is 28.5 Å². The Bertz CT molecular complexity index is 550. The first-order valence-electron chi connectivity index (χ1n) is 6.18. The van der Waals surface area contributed by atoms with Crippen LogP contribution in [-0.4, -0.2) is 12.5 Å². The van der Waals surface area contributed by atoms with E-state index in [0.29, 0.717) is 15.7 Å². The van der Waals surface area contributed by atoms with Crippen LogP contribution in [0.1, 0.15) is 19.8 Å². The molecule has 6 heteroatoms. The van der Waals surface area contributed by atoms with Crippen molar-refractivity contribution in [3.63, 3.8) is 0 Å². The first kappa shape index (κ1) is 16.4. The number of benzene rings is 1. The number of hydrogen-bond acceptors (Lipinski definition) is 3. The van der Waals surface area contributed by atoms with Crippen molar-refractivity contribution in [3.05, 3.63) is 40.0 Å². The van der Waals surface area contributed by atoms with Gasteiger partial charge in [-0.15, -0.1) is 0 Å². The van der Waals surface area contributed by atoms with E-state index in [9.17, 15) is 4.79 Å². The summed E-state index contributed by atoms with van der Waals surface area (Å²) in [6.07, 6.45) is 3.43. The molecule has 0 bridgehead atoms. The fraction of sp³-hybridized carbons (Fsp3) is 0.286. The normalized spacial score (nSPS) is 10.8. The minimum atomic E-state index is -0.491. The molecule has 0 atom stereocenters. The van der Waals surface area contributed by atoms with Gasteiger partial charge < -0.3 is 10.6 Å². The van der Waals surface area contributed by atoms with E-state index in [2.05, 4.69) is 17.6 Å². The highest BCUT2D eigenvalue weighted by molar-refractivity contribution is 6.42. The molecule has 0 saturated carbocycles. The van der Waals surface area contributed by atoms with Crippen LogP contribution in [0, 0.1) is 11.3 Å². The maximum absolute atomic E-state index is 11.9. The molecule has 1 rings (SSSR count). The summed E-state index contributed by atoms with van der Waals surface area (Å²) in [5, 5.41) is 15.2. The number of nitriles is 1. The molecule has 0 fully saturated rings. The molecule has 106 valence electrons. The number of halogens is 2. The second-order valence-electron chi connectivity index (χ2n) is 4.06. The molecular formula is C14H15Cl2N3O. The van der Waals surface area contributed by atoms with Crippen molar-refractivity contribution in [1.29, 1.82) is 5.26 Å². The summed E-state index contributed by atoms with van der Waals surface area (Å²) in [6, 6.07) is 6.58. The number of nitrogens with one attached hydrogen (secondary N) is 2. The first-order chi connectivity index (χ1) is 9.58. The summed E-state index contributed by atoms with van der Waals surface area (Å²) in [4.78, 5) is 11.9. The third-order valence-electron chi connectivity index (χ3n) is 2.46. The van der Waals surface area contributed by atoms with Crippen molar-refractivity contribution in [2.45, 2.75) is 19.8 Å². The minimum Gasteiger partial charge on any atom is -0.390 e. The Morgan fingerprint density at radius 1 is 1.40 bits per heavy atom. The van der Waals surface area contributed by atoms with Crippen LogP contribution in [0.25, 0.3) is 0 Å². The van der Waals surface area contributed by atoms with Gasteiger partial charge in [-0.05, 0) is 24.6 Å². The van der Waals surface area contributed by atoms with Gasteiger partial charge in [0, 0.05) is 18.4 Å². The second-order valence-corrected chi connectivity index (χ2v) is 4.87. The van der Waals surface area contributed by atoms with Crippen molar-refractivity contribution in [1.82, 2.24) is 5.32 Å². The molecule has 4 nitrogen and oxygen atoms in total. The zero-order valence-electron chi connectivity index (χ0n) is 11.0. The summed E-state index contributed by atoms with van der Waals surface area (Å²) in [7, 11) is 0. The molecule has 0 spiro atoms. The minimum absolute atomic E-state index is 0.00664. The van der Waals surface area contributed by atoms with Gasteiger partial charge in [0.25, 0.3) is 5.91 Å². The molecule has 0 unspecified atom stereocenters. The fourth-order valence-electron chi connectivity index (χ4n) is 1.37. The van der Waals surface area contributed by atoms with Crippen molar-refractivity contribution < 1.29 is 4.79 Å². The lowest BCUT2D eigenvalue weighted by Gasteiger charge is -2.06. The van der Waals surface area contributed by atoms with E-state index in [-0.39, 0.29) is 5.57 Å². The molecule has 0 heterocycles. The predicted octanol–water partition coefficient (Wildman–Crippen LogP) is 3.73. The molecule has 0 aliphatic rings. The summed E-state index contributed by atoms with van der Waals surface area (Å²) in [6.45, 7) is 2.79. The number of unbranched alkanes of at least 4 members (excludes halogenated alkanes) is 1. The first-order valence-corrected chi connectivity index (χ1v) is 6.94. The average Bonchev–Trinajstić information content (AvgIpc) is 2.43. The quantitative estimate of drug-likeness (QED) is 0.478. The Kier molecular flexibility index (Phi) is 6.92. The van der Waals surface area contributed by atoms with Crippen LogP contribution in [0.15, 0.2) is 30.0 Å². The average molecular weight is 312 g/mol. The van der Waals surface area contributed by atoms with Crippen LogP contribution in [0.4, 0.5) is 5.69 Å². The summed E-state index contributed by atoms with van der Waals surface area (Å²) < 4.78 is 0. The Balaban J connectivity index is 2.67. The standard InChI is InChI=1S/C14H15Cl2N3O/c1-2-3-6-18-9-10(8-17)14(20)19-11-4-5-12(15)13(16)7-11/h4-5,7,9,18H,2-3,6H2,1H3,(H,19,20)/b10-9-. The number of hydrogen-bond donors (Lipinski definition) is 2. The van der Waals surface area contributed by atoms with Gasteiger partial charge in [0.15, 0.2) is 0 Å². The van der Waals surface area contributed by atoms with E-state index in [0.717, 1.165) is 19.4 Å². The van der Waals surface area contributed by atoms with E-state index in [1.807, 2.05) is 6.07 Å². The zero-order chi connectivity index (χ0) is 15.0. The second kappa shape index (κ2) is 8.47. The number of anilines is 1. The highest BCUT2D eigenvalue weighted by Gasteiger charge is 2.09. The van der Waals surface area contributed by atoms with E-state index < -0.39 is 5.91 Å². The van der Waals surface area contributed by atoms with Crippen molar-refractivity contribution in [2.75, 3.05) is 11.9 Å². The van der Waals surface area contributed by atoms with Crippen LogP contribution >= 0.6 is 23.2 Å². The van der Waals surface area contributed by atoms with Crippen LogP contribution in [0.2, 0.25) is 10.0 Å². The van der Waals surface area contributed by atoms with Gasteiger partial charge in [-0.3, -0.25) is 4.79 Å². The molecule has 1 amide bonds. The van der Waals surface area contributed by atoms with Crippen molar-refractivity contribution in [3.8, 4) is 6.07 Å². The van der Waals surface area contributed by atoms with Crippen LogP contribution in [0.5, 0.6) is 0 Å². The highest BCUT2D eigenvalue weighted by atomic mass is 35.5. The Labute approximate surface area is 128 Å². The van der Waals surface area contributed by atoms with Gasteiger partial charge in [0.05, 0.1) is 10.0 Å². The third kappa shape index (κ3) is 5.12. The molecule has 20 heavy (non-hydrogen) atoms. The SMILES string of the molecule is CCCCN/C=C(/C#N)C(=O)Nc1ccc(Cl)c(Cl)c1. The van der Waals surface area contributed by atoms with Crippen LogP contribution in [-0.2, 0) is 4.79 Å². The lowest BCUT2D eigenvalue weighted by atomic mass is 10.2. The maximum atomic E-state index is 11.9. The monoisotopic (exact) mass is 311 g/mol. The molecule has 2 N–H and O–H groups in total. The van der Waals surface area contributed by atoms with Gasteiger partial charge in [0.2, 0.25) is 0 Å². The Hall–Kier alpha value is -1.70. The number of carbonyl (C=O) groups is 1. The van der Waals surface area contributed by atoms with E-state index >= 15 is 0 Å². The third-order valence-corrected chi connectivity index (χ3v) is 3.20. The summed E-state index contributed by atoms with van der Waals surface area (Å²) in [5.74, 6) is -0.491. The maximum Gasteiger partial charge on any atom is 0.267 e. The van der Waals surface area contributed by atoms with Crippen molar-refractivity contribution >= 4 is 34.8 Å². The Morgan fingerprint density at radius 3 is 2.75 bits per heavy atom. The smallest absolute Gasteiger partial charge is 0.267 e. The largest absolute Gasteiger partial charge is 0.390 e. The number of rotatable bonds is 6. The van der Waals surface area contributed by atoms with Gasteiger partial charge in [-0.2, -0.15) is 5.26 Å². The molecule has 0 aliphatic carbocycles. The van der Waals surface area contributed by atoms with Gasteiger partial charge in [-0.25, -0.2) is 0 Å².